The molecule has 0 saturated carbocycles. The second kappa shape index (κ2) is 22.1. The van der Waals surface area contributed by atoms with Gasteiger partial charge < -0.3 is 38.7 Å². The number of ether oxygens (including phenoxy) is 3. The summed E-state index contributed by atoms with van der Waals surface area (Å²) in [7, 11) is -2.42. The number of carbonyl (C=O) groups is 2. The summed E-state index contributed by atoms with van der Waals surface area (Å²) in [6, 6.07) is 32.7. The summed E-state index contributed by atoms with van der Waals surface area (Å²) in [6.45, 7) is 20.3. The van der Waals surface area contributed by atoms with Crippen molar-refractivity contribution in [3.63, 3.8) is 0 Å². The molecular formula is C54H71N3O9Si. The second-order valence-electron chi connectivity index (χ2n) is 20.4. The van der Waals surface area contributed by atoms with Crippen molar-refractivity contribution >= 4 is 31.3 Å². The van der Waals surface area contributed by atoms with E-state index in [1.165, 1.54) is 11.6 Å². The normalized spacial score (nSPS) is 15.4. The Morgan fingerprint density at radius 2 is 1.46 bits per heavy atom. The Morgan fingerprint density at radius 1 is 0.821 bits per heavy atom. The molecular weight excluding hydrogens is 863 g/mol. The second-order valence-corrected chi connectivity index (χ2v) is 25.1. The first-order chi connectivity index (χ1) is 31.7. The van der Waals surface area contributed by atoms with Gasteiger partial charge in [0.1, 0.15) is 17.1 Å². The van der Waals surface area contributed by atoms with Gasteiger partial charge in [0.2, 0.25) is 11.2 Å². The van der Waals surface area contributed by atoms with Crippen molar-refractivity contribution in [2.24, 2.45) is 5.92 Å². The molecule has 1 aliphatic heterocycles. The van der Waals surface area contributed by atoms with Gasteiger partial charge in [-0.3, -0.25) is 9.69 Å². The van der Waals surface area contributed by atoms with Crippen molar-refractivity contribution < 1.29 is 38.4 Å². The van der Waals surface area contributed by atoms with E-state index in [-0.39, 0.29) is 35.4 Å². The maximum atomic E-state index is 13.9. The molecule has 67 heavy (non-hydrogen) atoms. The number of amides is 1. The highest BCUT2D eigenvalue weighted by Gasteiger charge is 2.43. The average molecular weight is 934 g/mol. The van der Waals surface area contributed by atoms with E-state index in [0.717, 1.165) is 44.5 Å². The zero-order chi connectivity index (χ0) is 48.4. The van der Waals surface area contributed by atoms with Crippen LogP contribution in [0.3, 0.4) is 0 Å². The van der Waals surface area contributed by atoms with Gasteiger partial charge in [-0.25, -0.2) is 9.59 Å². The van der Waals surface area contributed by atoms with Gasteiger partial charge in [0.25, 0.3) is 0 Å². The zero-order valence-corrected chi connectivity index (χ0v) is 41.7. The number of H-pyrrole nitrogens is 1. The number of likely N-dealkylation sites (tertiary alicyclic amines) is 1. The molecule has 1 amide bonds. The predicted octanol–water partition coefficient (Wildman–Crippen LogP) is 10.5. The number of nitrogens with zero attached hydrogens (tertiary/aromatic N) is 2. The summed E-state index contributed by atoms with van der Waals surface area (Å²) in [5, 5.41) is 23.4. The highest BCUT2D eigenvalue weighted by atomic mass is 28.4. The molecule has 0 aliphatic carbocycles. The van der Waals surface area contributed by atoms with E-state index in [2.05, 4.69) is 68.0 Å². The maximum absolute atomic E-state index is 13.9. The maximum Gasteiger partial charge on any atom is 0.410 e. The van der Waals surface area contributed by atoms with E-state index in [9.17, 15) is 24.6 Å². The number of aromatic nitrogens is 1. The van der Waals surface area contributed by atoms with Gasteiger partial charge >= 0.3 is 12.1 Å². The van der Waals surface area contributed by atoms with E-state index in [4.69, 9.17) is 18.6 Å². The van der Waals surface area contributed by atoms with Crippen LogP contribution >= 0.6 is 0 Å². The molecule has 2 heterocycles. The molecule has 0 radical (unpaired) electrons. The lowest BCUT2D eigenvalue weighted by Crippen LogP contribution is -2.46. The minimum absolute atomic E-state index is 0.0460. The first-order valence-electron chi connectivity index (χ1n) is 23.7. The molecule has 3 N–H and O–H groups in total. The first kappa shape index (κ1) is 50.9. The number of rotatable bonds is 19. The molecule has 0 spiro atoms. The van der Waals surface area contributed by atoms with Crippen molar-refractivity contribution in [1.29, 1.82) is 0 Å². The highest BCUT2D eigenvalue weighted by Crippen LogP contribution is 2.42. The van der Waals surface area contributed by atoms with E-state index in [1.54, 1.807) is 71.6 Å². The van der Waals surface area contributed by atoms with Crippen LogP contribution in [-0.2, 0) is 30.8 Å². The van der Waals surface area contributed by atoms with E-state index < -0.39 is 37.7 Å². The van der Waals surface area contributed by atoms with Gasteiger partial charge in [-0.2, -0.15) is 0 Å². The summed E-state index contributed by atoms with van der Waals surface area (Å²) < 4.78 is 25.0. The number of fused-ring (bicyclic) bond motifs is 1. The number of phenols is 1. The summed E-state index contributed by atoms with van der Waals surface area (Å²) in [5.74, 6) is 0.0596. The average Bonchev–Trinajstić information content (AvgIpc) is 3.29. The standard InChI is InChI=1S/C54H71N3O9Si/c1-52(2,3)65-51(61)57(37-47(66-67(7,8)53(4,5)6)44-26-28-46(58)49-45(44)27-29-48(59)55-49)32-16-11-17-35-63-43-24-22-42(23-25-43)54(62,41-20-14-10-15-21-41)50(60)64-38-40-30-33-56(34-31-40)36-39-18-12-9-13-19-39/h9-10,12-15,18-29,40,47,58,62H,11,16-17,30-38H2,1-8H3,(H,55,59)/t47-,54?/m0/s1. The summed E-state index contributed by atoms with van der Waals surface area (Å²) in [4.78, 5) is 46.9. The van der Waals surface area contributed by atoms with Gasteiger partial charge in [0.05, 0.1) is 31.4 Å². The Balaban J connectivity index is 1.07. The molecule has 360 valence electrons. The molecule has 4 aromatic carbocycles. The topological polar surface area (TPSA) is 151 Å². The number of unbranched alkanes of at least 4 members (excludes halogenated alkanes) is 2. The third kappa shape index (κ3) is 13.6. The summed E-state index contributed by atoms with van der Waals surface area (Å²) in [5.41, 5.74) is 0.119. The van der Waals surface area contributed by atoms with Crippen LogP contribution in [0.2, 0.25) is 18.1 Å². The third-order valence-corrected chi connectivity index (χ3v) is 17.5. The van der Waals surface area contributed by atoms with Crippen LogP contribution in [0.15, 0.2) is 114 Å². The van der Waals surface area contributed by atoms with Crippen LogP contribution in [0.25, 0.3) is 10.9 Å². The Kier molecular flexibility index (Phi) is 16.8. The quantitative estimate of drug-likeness (QED) is 0.0415. The summed E-state index contributed by atoms with van der Waals surface area (Å²) in [6.07, 6.45) is 2.90. The fourth-order valence-electron chi connectivity index (χ4n) is 8.15. The smallest absolute Gasteiger partial charge is 0.410 e. The number of pyridine rings is 1. The van der Waals surface area contributed by atoms with Crippen LogP contribution in [0.4, 0.5) is 4.79 Å². The van der Waals surface area contributed by atoms with Crippen molar-refractivity contribution in [3.8, 4) is 11.5 Å². The minimum atomic E-state index is -2.42. The Bertz CT molecular complexity index is 2440. The predicted molar refractivity (Wildman–Crippen MR) is 266 cm³/mol. The van der Waals surface area contributed by atoms with Gasteiger partial charge in [-0.15, -0.1) is 0 Å². The van der Waals surface area contributed by atoms with E-state index >= 15 is 0 Å². The highest BCUT2D eigenvalue weighted by molar-refractivity contribution is 6.74. The number of phenolic OH excluding ortho intramolecular Hbond substituents is 1. The monoisotopic (exact) mass is 933 g/mol. The molecule has 1 saturated heterocycles. The number of hydrogen-bond donors (Lipinski definition) is 3. The molecule has 12 nitrogen and oxygen atoms in total. The lowest BCUT2D eigenvalue weighted by Gasteiger charge is -2.41. The Hall–Kier alpha value is -5.47. The number of piperidine rings is 1. The SMILES string of the molecule is CC(C)(C)OC(=O)N(CCCCCOc1ccc(C(O)(C(=O)OCC2CCN(Cc3ccccc3)CC2)c2ccccc2)cc1)C[C@H](O[Si](C)(C)C(C)(C)C)c1ccc(O)c2[nH]c(=O)ccc12. The van der Waals surface area contributed by atoms with Crippen LogP contribution in [-0.4, -0.2) is 90.4 Å². The first-order valence-corrected chi connectivity index (χ1v) is 26.6. The van der Waals surface area contributed by atoms with Gasteiger partial charge in [-0.1, -0.05) is 99.6 Å². The minimum Gasteiger partial charge on any atom is -0.506 e. The molecule has 2 atom stereocenters. The number of aromatic hydroxyl groups is 1. The zero-order valence-electron chi connectivity index (χ0n) is 40.7. The molecule has 1 fully saturated rings. The Morgan fingerprint density at radius 3 is 2.10 bits per heavy atom. The third-order valence-electron chi connectivity index (χ3n) is 13.0. The number of carbonyl (C=O) groups excluding carboxylic acids is 2. The fraction of sp³-hybridized carbons (Fsp3) is 0.463. The molecule has 13 heteroatoms. The van der Waals surface area contributed by atoms with Crippen LogP contribution in [0.5, 0.6) is 11.5 Å². The Labute approximate surface area is 397 Å². The molecule has 0 bridgehead atoms. The van der Waals surface area contributed by atoms with Crippen LogP contribution in [0.1, 0.15) is 102 Å². The van der Waals surface area contributed by atoms with Gasteiger partial charge in [0, 0.05) is 24.5 Å². The lowest BCUT2D eigenvalue weighted by molar-refractivity contribution is -0.164. The summed E-state index contributed by atoms with van der Waals surface area (Å²) >= 11 is 0. The number of aromatic amines is 1. The number of benzene rings is 4. The fourth-order valence-corrected chi connectivity index (χ4v) is 9.42. The molecule has 6 rings (SSSR count). The largest absolute Gasteiger partial charge is 0.506 e. The number of hydrogen-bond acceptors (Lipinski definition) is 10. The van der Waals surface area contributed by atoms with Gasteiger partial charge in [0.15, 0.2) is 8.32 Å². The van der Waals surface area contributed by atoms with Gasteiger partial charge in [-0.05, 0) is 137 Å². The van der Waals surface area contributed by atoms with E-state index in [0.29, 0.717) is 53.8 Å². The van der Waals surface area contributed by atoms with Crippen LogP contribution < -0.4 is 10.3 Å². The number of esters is 1. The number of nitrogens with one attached hydrogen (secondary N) is 1. The molecule has 5 aromatic rings. The van der Waals surface area contributed by atoms with Crippen molar-refractivity contribution in [3.05, 3.63) is 142 Å². The van der Waals surface area contributed by atoms with Crippen molar-refractivity contribution in [2.45, 2.75) is 116 Å². The van der Waals surface area contributed by atoms with E-state index in [1.807, 2.05) is 32.9 Å². The van der Waals surface area contributed by atoms with Crippen molar-refractivity contribution in [2.75, 3.05) is 39.4 Å². The molecule has 1 unspecified atom stereocenters. The molecule has 1 aromatic heterocycles. The van der Waals surface area contributed by atoms with Crippen LogP contribution in [0, 0.1) is 5.92 Å². The molecule has 1 aliphatic rings. The lowest BCUT2D eigenvalue weighted by atomic mass is 9.86. The number of aliphatic hydroxyl groups is 1. The van der Waals surface area contributed by atoms with Crippen molar-refractivity contribution in [1.82, 2.24) is 14.8 Å².